The highest BCUT2D eigenvalue weighted by Crippen LogP contribution is 2.25. The van der Waals surface area contributed by atoms with Gasteiger partial charge in [-0.1, -0.05) is 31.2 Å². The fourth-order valence-electron chi connectivity index (χ4n) is 2.60. The van der Waals surface area contributed by atoms with Crippen LogP contribution in [0.15, 0.2) is 0 Å². The molecule has 1 aliphatic carbocycles. The molecule has 5 nitrogen and oxygen atoms in total. The number of carbonyl (C=O) groups excluding carboxylic acids is 1. The van der Waals surface area contributed by atoms with E-state index < -0.39 is 0 Å². The van der Waals surface area contributed by atoms with Gasteiger partial charge in [-0.3, -0.25) is 4.79 Å². The standard InChI is InChI=1S/C14H23N3O2S/c1-3-11-13(20-17-16-11)14(18)15-8-9-19-12-7-5-4-6-10(12)2/h10,12H,3-9H2,1-2H3,(H,15,18)/t10-,12+/m1/s1. The minimum Gasteiger partial charge on any atom is -0.376 e. The first-order valence-electron chi connectivity index (χ1n) is 7.43. The summed E-state index contributed by atoms with van der Waals surface area (Å²) in [5.74, 6) is 0.550. The number of hydrogen-bond acceptors (Lipinski definition) is 5. The van der Waals surface area contributed by atoms with Crippen molar-refractivity contribution in [1.29, 1.82) is 0 Å². The van der Waals surface area contributed by atoms with Gasteiger partial charge in [-0.15, -0.1) is 5.10 Å². The summed E-state index contributed by atoms with van der Waals surface area (Å²) in [5, 5.41) is 6.82. The van der Waals surface area contributed by atoms with E-state index in [1.54, 1.807) is 0 Å². The Balaban J connectivity index is 1.69. The monoisotopic (exact) mass is 297 g/mol. The van der Waals surface area contributed by atoms with E-state index in [1.807, 2.05) is 6.92 Å². The summed E-state index contributed by atoms with van der Waals surface area (Å²) in [6.07, 6.45) is 6.06. The molecule has 2 atom stereocenters. The Labute approximate surface area is 124 Å². The van der Waals surface area contributed by atoms with Crippen molar-refractivity contribution >= 4 is 17.4 Å². The number of carbonyl (C=O) groups is 1. The fraction of sp³-hybridized carbons (Fsp3) is 0.786. The van der Waals surface area contributed by atoms with Crippen LogP contribution in [-0.2, 0) is 11.2 Å². The maximum Gasteiger partial charge on any atom is 0.265 e. The first-order valence-corrected chi connectivity index (χ1v) is 8.20. The highest BCUT2D eigenvalue weighted by atomic mass is 32.1. The molecule has 0 spiro atoms. The molecule has 2 rings (SSSR count). The van der Waals surface area contributed by atoms with Crippen molar-refractivity contribution in [3.63, 3.8) is 0 Å². The normalized spacial score (nSPS) is 22.7. The van der Waals surface area contributed by atoms with E-state index in [9.17, 15) is 4.79 Å². The second-order valence-electron chi connectivity index (χ2n) is 5.33. The van der Waals surface area contributed by atoms with Crippen molar-refractivity contribution in [3.8, 4) is 0 Å². The topological polar surface area (TPSA) is 64.1 Å². The second kappa shape index (κ2) is 7.69. The number of amides is 1. The lowest BCUT2D eigenvalue weighted by Crippen LogP contribution is -2.31. The number of nitrogens with zero attached hydrogens (tertiary/aromatic N) is 2. The van der Waals surface area contributed by atoms with Crippen LogP contribution in [0, 0.1) is 5.92 Å². The van der Waals surface area contributed by atoms with Gasteiger partial charge in [-0.05, 0) is 36.7 Å². The van der Waals surface area contributed by atoms with E-state index in [-0.39, 0.29) is 5.91 Å². The lowest BCUT2D eigenvalue weighted by Gasteiger charge is -2.28. The first-order chi connectivity index (χ1) is 9.72. The average molecular weight is 297 g/mol. The van der Waals surface area contributed by atoms with E-state index in [0.29, 0.717) is 30.1 Å². The molecule has 1 aliphatic rings. The number of nitrogens with one attached hydrogen (secondary N) is 1. The SMILES string of the molecule is CCc1nnsc1C(=O)NCCO[C@H]1CCCC[C@H]1C. The van der Waals surface area contributed by atoms with Crippen LogP contribution in [0.1, 0.15) is 54.9 Å². The van der Waals surface area contributed by atoms with Crippen LogP contribution in [0.5, 0.6) is 0 Å². The van der Waals surface area contributed by atoms with Crippen LogP contribution < -0.4 is 5.32 Å². The molecule has 1 saturated carbocycles. The molecular weight excluding hydrogens is 274 g/mol. The quantitative estimate of drug-likeness (QED) is 0.819. The van der Waals surface area contributed by atoms with E-state index in [0.717, 1.165) is 30.1 Å². The molecule has 112 valence electrons. The van der Waals surface area contributed by atoms with Gasteiger partial charge in [0.25, 0.3) is 5.91 Å². The van der Waals surface area contributed by atoms with Crippen molar-refractivity contribution in [1.82, 2.24) is 14.9 Å². The number of hydrogen-bond donors (Lipinski definition) is 1. The Bertz CT molecular complexity index is 436. The molecule has 1 heterocycles. The van der Waals surface area contributed by atoms with Gasteiger partial charge in [-0.2, -0.15) is 0 Å². The molecule has 1 N–H and O–H groups in total. The van der Waals surface area contributed by atoms with Crippen molar-refractivity contribution < 1.29 is 9.53 Å². The molecule has 0 aliphatic heterocycles. The largest absolute Gasteiger partial charge is 0.376 e. The summed E-state index contributed by atoms with van der Waals surface area (Å²) < 4.78 is 9.70. The van der Waals surface area contributed by atoms with Crippen molar-refractivity contribution in [3.05, 3.63) is 10.6 Å². The van der Waals surface area contributed by atoms with Gasteiger partial charge in [0.05, 0.1) is 18.4 Å². The molecule has 1 fully saturated rings. The predicted octanol–water partition coefficient (Wildman–Crippen LogP) is 2.43. The zero-order valence-electron chi connectivity index (χ0n) is 12.2. The lowest BCUT2D eigenvalue weighted by atomic mass is 9.88. The zero-order valence-corrected chi connectivity index (χ0v) is 13.0. The molecule has 20 heavy (non-hydrogen) atoms. The second-order valence-corrected chi connectivity index (χ2v) is 6.08. The molecule has 0 saturated heterocycles. The van der Waals surface area contributed by atoms with Gasteiger partial charge in [0, 0.05) is 6.54 Å². The highest BCUT2D eigenvalue weighted by Gasteiger charge is 2.21. The lowest BCUT2D eigenvalue weighted by molar-refractivity contribution is -0.00293. The predicted molar refractivity (Wildman–Crippen MR) is 79.0 cm³/mol. The number of ether oxygens (including phenoxy) is 1. The first kappa shape index (κ1) is 15.4. The molecule has 0 bridgehead atoms. The number of rotatable bonds is 6. The van der Waals surface area contributed by atoms with Gasteiger partial charge in [0.2, 0.25) is 0 Å². The van der Waals surface area contributed by atoms with Crippen LogP contribution in [-0.4, -0.2) is 34.7 Å². The van der Waals surface area contributed by atoms with Crippen LogP contribution in [0.4, 0.5) is 0 Å². The molecular formula is C14H23N3O2S. The molecule has 0 radical (unpaired) electrons. The third-order valence-corrected chi connectivity index (χ3v) is 4.62. The molecule has 1 aromatic rings. The maximum absolute atomic E-state index is 12.0. The van der Waals surface area contributed by atoms with E-state index in [4.69, 9.17) is 4.74 Å². The Morgan fingerprint density at radius 3 is 3.00 bits per heavy atom. The minimum absolute atomic E-state index is 0.0860. The molecule has 0 unspecified atom stereocenters. The minimum atomic E-state index is -0.0860. The average Bonchev–Trinajstić information content (AvgIpc) is 2.93. The summed E-state index contributed by atoms with van der Waals surface area (Å²) in [7, 11) is 0. The Morgan fingerprint density at radius 1 is 1.45 bits per heavy atom. The Morgan fingerprint density at radius 2 is 2.25 bits per heavy atom. The summed E-state index contributed by atoms with van der Waals surface area (Å²) in [6.45, 7) is 5.34. The number of aromatic nitrogens is 2. The van der Waals surface area contributed by atoms with Crippen molar-refractivity contribution in [2.24, 2.45) is 5.92 Å². The van der Waals surface area contributed by atoms with Gasteiger partial charge < -0.3 is 10.1 Å². The maximum atomic E-state index is 12.0. The van der Waals surface area contributed by atoms with Gasteiger partial charge in [0.1, 0.15) is 4.88 Å². The third kappa shape index (κ3) is 3.99. The fourth-order valence-corrected chi connectivity index (χ4v) is 3.26. The molecule has 0 aromatic carbocycles. The molecule has 1 aromatic heterocycles. The third-order valence-electron chi connectivity index (χ3n) is 3.85. The van der Waals surface area contributed by atoms with Crippen LogP contribution in [0.3, 0.4) is 0 Å². The smallest absolute Gasteiger partial charge is 0.265 e. The molecule has 1 amide bonds. The van der Waals surface area contributed by atoms with E-state index >= 15 is 0 Å². The van der Waals surface area contributed by atoms with E-state index in [1.165, 1.54) is 19.3 Å². The number of aryl methyl sites for hydroxylation is 1. The summed E-state index contributed by atoms with van der Waals surface area (Å²) in [5.41, 5.74) is 0.773. The van der Waals surface area contributed by atoms with Gasteiger partial charge in [0.15, 0.2) is 0 Å². The van der Waals surface area contributed by atoms with Crippen LogP contribution in [0.25, 0.3) is 0 Å². The highest BCUT2D eigenvalue weighted by molar-refractivity contribution is 7.08. The van der Waals surface area contributed by atoms with Crippen molar-refractivity contribution in [2.45, 2.75) is 52.1 Å². The Hall–Kier alpha value is -1.01. The van der Waals surface area contributed by atoms with Crippen LogP contribution in [0.2, 0.25) is 0 Å². The van der Waals surface area contributed by atoms with Crippen molar-refractivity contribution in [2.75, 3.05) is 13.2 Å². The van der Waals surface area contributed by atoms with Gasteiger partial charge in [-0.25, -0.2) is 0 Å². The van der Waals surface area contributed by atoms with Crippen LogP contribution >= 0.6 is 11.5 Å². The van der Waals surface area contributed by atoms with E-state index in [2.05, 4.69) is 21.8 Å². The zero-order chi connectivity index (χ0) is 14.4. The summed E-state index contributed by atoms with van der Waals surface area (Å²) >= 11 is 1.15. The summed E-state index contributed by atoms with van der Waals surface area (Å²) in [4.78, 5) is 12.6. The molecule has 6 heteroatoms. The van der Waals surface area contributed by atoms with Gasteiger partial charge >= 0.3 is 0 Å². The Kier molecular flexibility index (Phi) is 5.91. The summed E-state index contributed by atoms with van der Waals surface area (Å²) in [6, 6.07) is 0.